The smallest absolute Gasteiger partial charge is 0.264 e. The summed E-state index contributed by atoms with van der Waals surface area (Å²) >= 11 is 0. The molecule has 1 saturated carbocycles. The number of ether oxygens (including phenoxy) is 1. The van der Waals surface area contributed by atoms with E-state index in [0.717, 1.165) is 36.9 Å². The van der Waals surface area contributed by atoms with Crippen molar-refractivity contribution in [3.05, 3.63) is 78.1 Å². The molecule has 8 nitrogen and oxygen atoms in total. The van der Waals surface area contributed by atoms with Crippen molar-refractivity contribution in [1.82, 2.24) is 10.3 Å². The van der Waals surface area contributed by atoms with E-state index in [1.54, 1.807) is 24.3 Å². The number of benzene rings is 2. The number of aromatic hydroxyl groups is 1. The van der Waals surface area contributed by atoms with E-state index in [-0.39, 0.29) is 46.2 Å². The second-order valence-corrected chi connectivity index (χ2v) is 14.0. The van der Waals surface area contributed by atoms with E-state index >= 15 is 0 Å². The van der Waals surface area contributed by atoms with E-state index in [2.05, 4.69) is 10.3 Å². The zero-order chi connectivity index (χ0) is 31.0. The van der Waals surface area contributed by atoms with Gasteiger partial charge in [-0.3, -0.25) is 14.1 Å². The van der Waals surface area contributed by atoms with E-state index in [4.69, 9.17) is 4.74 Å². The number of anilines is 1. The molecule has 1 amide bonds. The van der Waals surface area contributed by atoms with E-state index < -0.39 is 10.0 Å². The van der Waals surface area contributed by atoms with Crippen molar-refractivity contribution < 1.29 is 23.1 Å². The Morgan fingerprint density at radius 3 is 2.37 bits per heavy atom. The molecular weight excluding hydrogens is 562 g/mol. The van der Waals surface area contributed by atoms with Crippen LogP contribution in [0.2, 0.25) is 0 Å². The molecular formula is C34H45N3O5S. The maximum absolute atomic E-state index is 13.6. The second-order valence-electron chi connectivity index (χ2n) is 12.2. The number of nitrogens with one attached hydrogen (secondary N) is 1. The highest BCUT2D eigenvalue weighted by atomic mass is 32.2. The van der Waals surface area contributed by atoms with Crippen molar-refractivity contribution in [2.24, 2.45) is 5.92 Å². The van der Waals surface area contributed by atoms with Crippen LogP contribution in [-0.2, 0) is 26.7 Å². The van der Waals surface area contributed by atoms with Crippen LogP contribution in [0.1, 0.15) is 77.0 Å². The minimum Gasteiger partial charge on any atom is -0.506 e. The highest BCUT2D eigenvalue weighted by Gasteiger charge is 2.37. The predicted octanol–water partition coefficient (Wildman–Crippen LogP) is 6.38. The first-order chi connectivity index (χ1) is 20.5. The van der Waals surface area contributed by atoms with Gasteiger partial charge in [-0.15, -0.1) is 0 Å². The van der Waals surface area contributed by atoms with Crippen molar-refractivity contribution in [3.8, 4) is 11.5 Å². The number of phenolic OH excluding ortho intramolecular Hbond substituents is 1. The number of rotatable bonds is 13. The number of nitrogens with zero attached hydrogens (tertiary/aromatic N) is 2. The number of phenols is 1. The van der Waals surface area contributed by atoms with Gasteiger partial charge in [0, 0.05) is 36.3 Å². The second kappa shape index (κ2) is 14.3. The third kappa shape index (κ3) is 8.07. The number of hydrogen-bond acceptors (Lipinski definition) is 6. The van der Waals surface area contributed by atoms with Crippen LogP contribution in [0.15, 0.2) is 71.8 Å². The maximum Gasteiger partial charge on any atom is 0.264 e. The molecule has 4 rings (SSSR count). The number of carbonyl (C=O) groups is 1. The average molecular weight is 608 g/mol. The molecule has 232 valence electrons. The summed E-state index contributed by atoms with van der Waals surface area (Å²) in [6.45, 7) is 6.07. The molecule has 0 radical (unpaired) electrons. The summed E-state index contributed by atoms with van der Waals surface area (Å²) in [5.74, 6) is 0.531. The first-order valence-corrected chi connectivity index (χ1v) is 16.7. The summed E-state index contributed by atoms with van der Waals surface area (Å²) in [6.07, 6.45) is 8.89. The minimum absolute atomic E-state index is 0.0296. The Morgan fingerprint density at radius 1 is 1.05 bits per heavy atom. The minimum atomic E-state index is -3.92. The molecule has 43 heavy (non-hydrogen) atoms. The Kier molecular flexibility index (Phi) is 10.7. The quantitative estimate of drug-likeness (QED) is 0.234. The van der Waals surface area contributed by atoms with Gasteiger partial charge in [-0.25, -0.2) is 8.42 Å². The molecule has 0 saturated heterocycles. The molecule has 2 N–H and O–H groups in total. The van der Waals surface area contributed by atoms with Gasteiger partial charge in [0.2, 0.25) is 5.91 Å². The van der Waals surface area contributed by atoms with Gasteiger partial charge in [0.05, 0.1) is 17.7 Å². The van der Waals surface area contributed by atoms with Crippen LogP contribution in [0.3, 0.4) is 0 Å². The van der Waals surface area contributed by atoms with Crippen molar-refractivity contribution in [3.63, 3.8) is 0 Å². The molecule has 1 aromatic heterocycles. The fourth-order valence-electron chi connectivity index (χ4n) is 5.98. The predicted molar refractivity (Wildman–Crippen MR) is 170 cm³/mol. The van der Waals surface area contributed by atoms with Crippen LogP contribution in [0.25, 0.3) is 0 Å². The summed E-state index contributed by atoms with van der Waals surface area (Å²) in [6, 6.07) is 17.3. The molecule has 1 heterocycles. The fraction of sp³-hybridized carbons (Fsp3) is 0.471. The summed E-state index contributed by atoms with van der Waals surface area (Å²) < 4.78 is 33.7. The molecule has 1 aliphatic rings. The lowest BCUT2D eigenvalue weighted by Gasteiger charge is -2.36. The third-order valence-electron chi connectivity index (χ3n) is 8.28. The number of methoxy groups -OCH3 is 1. The van der Waals surface area contributed by atoms with Crippen LogP contribution in [0.5, 0.6) is 11.5 Å². The molecule has 0 spiro atoms. The number of carbonyl (C=O) groups excluding carboxylic acids is 1. The molecule has 3 aromatic rings. The summed E-state index contributed by atoms with van der Waals surface area (Å²) in [5.41, 5.74) is 1.90. The van der Waals surface area contributed by atoms with E-state index in [1.165, 1.54) is 30.0 Å². The Morgan fingerprint density at radius 2 is 1.77 bits per heavy atom. The Hall–Kier alpha value is -3.59. The maximum atomic E-state index is 13.6. The standard InChI is InChI=1S/C34H45N3O5S/c1-25(2)24-37(43(40,41)29-16-14-28(42-4)15-17-29)30-18-13-27(22-31(30)38)12-11-26(3)36-33(39)23-34(19-7-5-8-20-34)32-10-6-9-21-35-32/h6,9-10,13-18,21-22,25-26,38H,5,7-8,11-12,19-20,23-24H2,1-4H3,(H,36,39)/t26-/m0/s1. The van der Waals surface area contributed by atoms with E-state index in [9.17, 15) is 18.3 Å². The van der Waals surface area contributed by atoms with Gasteiger partial charge in [0.1, 0.15) is 11.5 Å². The van der Waals surface area contributed by atoms with Crippen molar-refractivity contribution in [2.75, 3.05) is 18.0 Å². The van der Waals surface area contributed by atoms with E-state index in [1.807, 2.05) is 51.2 Å². The Balaban J connectivity index is 1.41. The summed E-state index contributed by atoms with van der Waals surface area (Å²) in [7, 11) is -2.39. The van der Waals surface area contributed by atoms with Crippen LogP contribution < -0.4 is 14.4 Å². The van der Waals surface area contributed by atoms with Gasteiger partial charge in [-0.1, -0.05) is 45.2 Å². The zero-order valence-electron chi connectivity index (χ0n) is 25.8. The lowest BCUT2D eigenvalue weighted by molar-refractivity contribution is -0.123. The van der Waals surface area contributed by atoms with Crippen LogP contribution in [0.4, 0.5) is 5.69 Å². The molecule has 9 heteroatoms. The van der Waals surface area contributed by atoms with Gasteiger partial charge in [0.25, 0.3) is 10.0 Å². The molecule has 2 aromatic carbocycles. The van der Waals surface area contributed by atoms with Crippen molar-refractivity contribution in [1.29, 1.82) is 0 Å². The normalized spacial score (nSPS) is 15.6. The number of sulfonamides is 1. The van der Waals surface area contributed by atoms with Crippen LogP contribution in [-0.4, -0.2) is 44.1 Å². The van der Waals surface area contributed by atoms with Gasteiger partial charge in [-0.05, 0) is 92.6 Å². The van der Waals surface area contributed by atoms with Gasteiger partial charge in [-0.2, -0.15) is 0 Å². The molecule has 1 fully saturated rings. The average Bonchev–Trinajstić information content (AvgIpc) is 3.00. The van der Waals surface area contributed by atoms with Gasteiger partial charge >= 0.3 is 0 Å². The summed E-state index contributed by atoms with van der Waals surface area (Å²) in [4.78, 5) is 17.9. The first kappa shape index (κ1) is 32.3. The van der Waals surface area contributed by atoms with Crippen LogP contribution in [0, 0.1) is 5.92 Å². The monoisotopic (exact) mass is 607 g/mol. The molecule has 0 aliphatic heterocycles. The molecule has 1 aliphatic carbocycles. The zero-order valence-corrected chi connectivity index (χ0v) is 26.6. The highest BCUT2D eigenvalue weighted by molar-refractivity contribution is 7.92. The number of pyridine rings is 1. The lowest BCUT2D eigenvalue weighted by Crippen LogP contribution is -2.40. The lowest BCUT2D eigenvalue weighted by atomic mass is 9.69. The number of aromatic nitrogens is 1. The molecule has 0 bridgehead atoms. The Bertz CT molecular complexity index is 1450. The summed E-state index contributed by atoms with van der Waals surface area (Å²) in [5, 5.41) is 14.2. The van der Waals surface area contributed by atoms with Crippen molar-refractivity contribution >= 4 is 21.6 Å². The number of amides is 1. The Labute approximate surface area is 256 Å². The van der Waals surface area contributed by atoms with Crippen LogP contribution >= 0.6 is 0 Å². The van der Waals surface area contributed by atoms with Gasteiger partial charge in [0.15, 0.2) is 0 Å². The number of aryl methyl sites for hydroxylation is 1. The van der Waals surface area contributed by atoms with Crippen molar-refractivity contribution in [2.45, 2.75) is 88.5 Å². The SMILES string of the molecule is COc1ccc(S(=O)(=O)N(CC(C)C)c2ccc(CC[C@H](C)NC(=O)CC3(c4ccccn4)CCCCC3)cc2O)cc1. The highest BCUT2D eigenvalue weighted by Crippen LogP contribution is 2.41. The molecule has 1 atom stereocenters. The first-order valence-electron chi connectivity index (χ1n) is 15.2. The topological polar surface area (TPSA) is 109 Å². The molecule has 0 unspecified atom stereocenters. The van der Waals surface area contributed by atoms with E-state index in [0.29, 0.717) is 25.0 Å². The number of hydrogen-bond donors (Lipinski definition) is 2. The fourth-order valence-corrected chi connectivity index (χ4v) is 7.63. The van der Waals surface area contributed by atoms with Gasteiger partial charge < -0.3 is 15.2 Å². The third-order valence-corrected chi connectivity index (χ3v) is 10.1. The largest absolute Gasteiger partial charge is 0.506 e.